The molecule has 0 saturated carbocycles. The standard InChI is InChI=1S/C17H17FN4OS2/c1-10(2)14(16(23)19-12-7-4-3-6-11(12)18)25-17-20-15(21-22-17)13-8-5-9-24-13/h3-10,14H,1-2H3,(H,19,23)(H,20,21,22). The molecule has 0 spiro atoms. The van der Waals surface area contributed by atoms with Crippen molar-refractivity contribution in [2.24, 2.45) is 5.92 Å². The lowest BCUT2D eigenvalue weighted by Gasteiger charge is -2.18. The zero-order valence-corrected chi connectivity index (χ0v) is 15.3. The van der Waals surface area contributed by atoms with E-state index in [1.54, 1.807) is 23.5 Å². The van der Waals surface area contributed by atoms with E-state index in [2.05, 4.69) is 20.5 Å². The van der Waals surface area contributed by atoms with Crippen molar-refractivity contribution in [3.63, 3.8) is 0 Å². The smallest absolute Gasteiger partial charge is 0.238 e. The SMILES string of the molecule is CC(C)C(Sc1n[nH]c(-c2cccs2)n1)C(=O)Nc1ccccc1F. The fourth-order valence-electron chi connectivity index (χ4n) is 2.19. The van der Waals surface area contributed by atoms with Gasteiger partial charge in [0.2, 0.25) is 11.1 Å². The normalized spacial score (nSPS) is 12.3. The summed E-state index contributed by atoms with van der Waals surface area (Å²) >= 11 is 2.83. The number of halogens is 1. The van der Waals surface area contributed by atoms with Gasteiger partial charge in [0.15, 0.2) is 5.82 Å². The average Bonchev–Trinajstić information content (AvgIpc) is 3.25. The number of rotatable bonds is 6. The molecule has 1 atom stereocenters. The molecule has 1 aromatic carbocycles. The van der Waals surface area contributed by atoms with Crippen molar-refractivity contribution in [3.05, 3.63) is 47.6 Å². The third-order valence-electron chi connectivity index (χ3n) is 3.45. The molecule has 0 bridgehead atoms. The molecular formula is C17H17FN4OS2. The van der Waals surface area contributed by atoms with Crippen LogP contribution in [0.25, 0.3) is 10.7 Å². The number of thiophene rings is 1. The third-order valence-corrected chi connectivity index (χ3v) is 5.73. The van der Waals surface area contributed by atoms with Crippen LogP contribution in [0.3, 0.4) is 0 Å². The lowest BCUT2D eigenvalue weighted by Crippen LogP contribution is -2.30. The molecule has 0 radical (unpaired) electrons. The fourth-order valence-corrected chi connectivity index (χ4v) is 3.77. The first kappa shape index (κ1) is 17.6. The number of benzene rings is 1. The van der Waals surface area contributed by atoms with Crippen molar-refractivity contribution in [3.8, 4) is 10.7 Å². The summed E-state index contributed by atoms with van der Waals surface area (Å²) in [6.07, 6.45) is 0. The predicted octanol–water partition coefficient (Wildman–Crippen LogP) is 4.43. The topological polar surface area (TPSA) is 70.7 Å². The predicted molar refractivity (Wildman–Crippen MR) is 99.2 cm³/mol. The number of thioether (sulfide) groups is 1. The summed E-state index contributed by atoms with van der Waals surface area (Å²) < 4.78 is 13.8. The molecule has 0 aliphatic carbocycles. The van der Waals surface area contributed by atoms with Crippen LogP contribution in [-0.4, -0.2) is 26.3 Å². The number of hydrogen-bond acceptors (Lipinski definition) is 5. The number of amides is 1. The molecule has 25 heavy (non-hydrogen) atoms. The Morgan fingerprint density at radius 1 is 1.28 bits per heavy atom. The van der Waals surface area contributed by atoms with Gasteiger partial charge in [-0.25, -0.2) is 9.37 Å². The molecule has 1 amide bonds. The third kappa shape index (κ3) is 4.26. The van der Waals surface area contributed by atoms with Crippen LogP contribution in [0.1, 0.15) is 13.8 Å². The fraction of sp³-hybridized carbons (Fsp3) is 0.235. The number of hydrogen-bond donors (Lipinski definition) is 2. The minimum atomic E-state index is -0.457. The van der Waals surface area contributed by atoms with Gasteiger partial charge in [-0.05, 0) is 29.5 Å². The van der Waals surface area contributed by atoms with Crippen molar-refractivity contribution < 1.29 is 9.18 Å². The van der Waals surface area contributed by atoms with Gasteiger partial charge in [0.25, 0.3) is 0 Å². The molecule has 5 nitrogen and oxygen atoms in total. The van der Waals surface area contributed by atoms with Gasteiger partial charge in [-0.2, -0.15) is 0 Å². The van der Waals surface area contributed by atoms with E-state index in [1.165, 1.54) is 23.9 Å². The zero-order chi connectivity index (χ0) is 17.8. The molecule has 0 aliphatic heterocycles. The average molecular weight is 376 g/mol. The molecule has 3 aromatic rings. The van der Waals surface area contributed by atoms with Gasteiger partial charge in [0.05, 0.1) is 15.8 Å². The maximum absolute atomic E-state index is 13.8. The second-order valence-corrected chi connectivity index (χ2v) is 7.75. The molecule has 2 N–H and O–H groups in total. The van der Waals surface area contributed by atoms with Gasteiger partial charge in [0, 0.05) is 0 Å². The number of para-hydroxylation sites is 1. The molecular weight excluding hydrogens is 359 g/mol. The molecule has 2 heterocycles. The summed E-state index contributed by atoms with van der Waals surface area (Å²) in [6.45, 7) is 3.87. The highest BCUT2D eigenvalue weighted by atomic mass is 32.2. The van der Waals surface area contributed by atoms with Gasteiger partial charge in [-0.15, -0.1) is 16.4 Å². The van der Waals surface area contributed by atoms with Crippen molar-refractivity contribution in [1.82, 2.24) is 15.2 Å². The highest BCUT2D eigenvalue weighted by Crippen LogP contribution is 2.29. The van der Waals surface area contributed by atoms with Crippen molar-refractivity contribution in [2.45, 2.75) is 24.3 Å². The van der Waals surface area contributed by atoms with E-state index in [1.807, 2.05) is 31.4 Å². The maximum atomic E-state index is 13.8. The molecule has 0 aliphatic rings. The molecule has 130 valence electrons. The van der Waals surface area contributed by atoms with Crippen LogP contribution in [-0.2, 0) is 4.79 Å². The Morgan fingerprint density at radius 2 is 2.08 bits per heavy atom. The molecule has 0 saturated heterocycles. The number of aromatic amines is 1. The Morgan fingerprint density at radius 3 is 2.76 bits per heavy atom. The van der Waals surface area contributed by atoms with E-state index < -0.39 is 11.1 Å². The van der Waals surface area contributed by atoms with E-state index in [0.717, 1.165) is 4.88 Å². The summed E-state index contributed by atoms with van der Waals surface area (Å²) in [7, 11) is 0. The molecule has 3 rings (SSSR count). The second-order valence-electron chi connectivity index (χ2n) is 5.70. The molecule has 2 aromatic heterocycles. The number of nitrogens with one attached hydrogen (secondary N) is 2. The van der Waals surface area contributed by atoms with Crippen LogP contribution in [0.15, 0.2) is 46.9 Å². The van der Waals surface area contributed by atoms with E-state index in [-0.39, 0.29) is 17.5 Å². The Hall–Kier alpha value is -2.19. The number of aromatic nitrogens is 3. The van der Waals surface area contributed by atoms with Gasteiger partial charge >= 0.3 is 0 Å². The minimum Gasteiger partial charge on any atom is -0.323 e. The summed E-state index contributed by atoms with van der Waals surface area (Å²) in [5, 5.41) is 11.7. The Balaban J connectivity index is 1.73. The lowest BCUT2D eigenvalue weighted by molar-refractivity contribution is -0.116. The van der Waals surface area contributed by atoms with E-state index in [4.69, 9.17) is 0 Å². The summed E-state index contributed by atoms with van der Waals surface area (Å²) in [4.78, 5) is 18.0. The molecule has 1 unspecified atom stereocenters. The molecule has 0 fully saturated rings. The van der Waals surface area contributed by atoms with Crippen LogP contribution in [0, 0.1) is 11.7 Å². The quantitative estimate of drug-likeness (QED) is 0.625. The number of anilines is 1. The van der Waals surface area contributed by atoms with Crippen LogP contribution < -0.4 is 5.32 Å². The van der Waals surface area contributed by atoms with E-state index in [0.29, 0.717) is 11.0 Å². The second kappa shape index (κ2) is 7.79. The van der Waals surface area contributed by atoms with E-state index in [9.17, 15) is 9.18 Å². The van der Waals surface area contributed by atoms with Gasteiger partial charge in [0.1, 0.15) is 5.82 Å². The number of carbonyl (C=O) groups excluding carboxylic acids is 1. The number of nitrogens with zero attached hydrogens (tertiary/aromatic N) is 2. The first-order valence-electron chi connectivity index (χ1n) is 7.73. The first-order chi connectivity index (χ1) is 12.0. The van der Waals surface area contributed by atoms with Crippen molar-refractivity contribution in [2.75, 3.05) is 5.32 Å². The number of H-pyrrole nitrogens is 1. The van der Waals surface area contributed by atoms with E-state index >= 15 is 0 Å². The highest BCUT2D eigenvalue weighted by Gasteiger charge is 2.26. The minimum absolute atomic E-state index is 0.0282. The monoisotopic (exact) mass is 376 g/mol. The van der Waals surface area contributed by atoms with Crippen LogP contribution >= 0.6 is 23.1 Å². The van der Waals surface area contributed by atoms with Crippen molar-refractivity contribution in [1.29, 1.82) is 0 Å². The Kier molecular flexibility index (Phi) is 5.50. The zero-order valence-electron chi connectivity index (χ0n) is 13.7. The van der Waals surface area contributed by atoms with Gasteiger partial charge < -0.3 is 5.32 Å². The summed E-state index contributed by atoms with van der Waals surface area (Å²) in [5.41, 5.74) is 0.174. The van der Waals surface area contributed by atoms with Crippen LogP contribution in [0.2, 0.25) is 0 Å². The highest BCUT2D eigenvalue weighted by molar-refractivity contribution is 8.00. The Bertz CT molecular complexity index is 848. The van der Waals surface area contributed by atoms with Crippen molar-refractivity contribution >= 4 is 34.7 Å². The summed E-state index contributed by atoms with van der Waals surface area (Å²) in [6, 6.07) is 10.0. The first-order valence-corrected chi connectivity index (χ1v) is 9.49. The lowest BCUT2D eigenvalue weighted by atomic mass is 10.1. The van der Waals surface area contributed by atoms with Gasteiger partial charge in [-0.1, -0.05) is 43.8 Å². The van der Waals surface area contributed by atoms with Gasteiger partial charge in [-0.3, -0.25) is 9.89 Å². The van der Waals surface area contributed by atoms with Crippen LogP contribution in [0.4, 0.5) is 10.1 Å². The Labute approximate surface area is 153 Å². The maximum Gasteiger partial charge on any atom is 0.238 e. The summed E-state index contributed by atoms with van der Waals surface area (Å²) in [5.74, 6) is -0.0243. The largest absolute Gasteiger partial charge is 0.323 e. The molecule has 8 heteroatoms. The van der Waals surface area contributed by atoms with Crippen LogP contribution in [0.5, 0.6) is 0 Å². The number of carbonyl (C=O) groups is 1.